The molecule has 1 N–H and O–H groups in total. The van der Waals surface area contributed by atoms with E-state index in [1.165, 1.54) is 78.0 Å². The van der Waals surface area contributed by atoms with Crippen molar-refractivity contribution in [1.29, 1.82) is 0 Å². The van der Waals surface area contributed by atoms with E-state index >= 15 is 0 Å². The van der Waals surface area contributed by atoms with Gasteiger partial charge in [-0.05, 0) is 11.1 Å². The Hall–Kier alpha value is -1.80. The number of hydrogen-bond donors (Lipinski definition) is 0. The smallest absolute Gasteiger partial charge is 0.677 e. The minimum atomic E-state index is 0. The van der Waals surface area contributed by atoms with Gasteiger partial charge in [0.05, 0.1) is 0 Å². The second kappa shape index (κ2) is 27.1. The van der Waals surface area contributed by atoms with E-state index in [0.717, 1.165) is 6.42 Å². The SMILES string of the molecule is CC1=[C-]C(C)C(C)=C1C.CCCCCCCCCC[NH-].[CH3-].[SiH2]c1ccccc1.[Zr+3].c1ccc(-c2ccccc2)cc1. The Morgan fingerprint density at radius 2 is 1.05 bits per heavy atom. The second-order valence-corrected chi connectivity index (χ2v) is 11.1. The summed E-state index contributed by atoms with van der Waals surface area (Å²) in [5, 5.41) is 1.35. The molecule has 0 heterocycles. The number of nitrogens with one attached hydrogen (secondary N) is 1. The predicted octanol–water partition coefficient (Wildman–Crippen LogP) is 10.6. The number of allylic oxidation sites excluding steroid dienone is 4. The Balaban J connectivity index is 0. The topological polar surface area (TPSA) is 23.8 Å². The van der Waals surface area contributed by atoms with Crippen LogP contribution < -0.4 is 5.19 Å². The molecule has 1 aliphatic carbocycles. The molecule has 0 bridgehead atoms. The van der Waals surface area contributed by atoms with Crippen LogP contribution in [-0.4, -0.2) is 16.8 Å². The van der Waals surface area contributed by atoms with Gasteiger partial charge in [-0.1, -0.05) is 181 Å². The van der Waals surface area contributed by atoms with Crippen molar-refractivity contribution in [2.24, 2.45) is 5.92 Å². The third kappa shape index (κ3) is 19.9. The van der Waals surface area contributed by atoms with Gasteiger partial charge in [-0.3, -0.25) is 6.08 Å². The summed E-state index contributed by atoms with van der Waals surface area (Å²) in [5.41, 5.74) is 13.7. The molecule has 1 aliphatic rings. The van der Waals surface area contributed by atoms with Crippen molar-refractivity contribution in [2.75, 3.05) is 6.54 Å². The average Bonchev–Trinajstić information content (AvgIpc) is 3.20. The zero-order valence-corrected chi connectivity index (χ0v) is 30.7. The zero-order valence-electron chi connectivity index (χ0n) is 26.8. The normalized spacial score (nSPS) is 13.0. The Labute approximate surface area is 276 Å². The molecule has 0 aliphatic heterocycles. The van der Waals surface area contributed by atoms with Crippen molar-refractivity contribution in [3.05, 3.63) is 127 Å². The van der Waals surface area contributed by atoms with Crippen molar-refractivity contribution in [3.63, 3.8) is 0 Å². The molecule has 0 saturated heterocycles. The van der Waals surface area contributed by atoms with Crippen LogP contribution in [0.15, 0.2) is 108 Å². The Morgan fingerprint density at radius 1 is 0.659 bits per heavy atom. The van der Waals surface area contributed by atoms with E-state index in [0.29, 0.717) is 12.5 Å². The van der Waals surface area contributed by atoms with Crippen LogP contribution in [0.5, 0.6) is 0 Å². The maximum atomic E-state index is 6.95. The van der Waals surface area contributed by atoms with E-state index in [-0.39, 0.29) is 33.6 Å². The zero-order chi connectivity index (χ0) is 28.7. The first-order chi connectivity index (χ1) is 18.9. The van der Waals surface area contributed by atoms with Crippen molar-refractivity contribution in [3.8, 4) is 11.1 Å². The second-order valence-electron chi connectivity index (χ2n) is 10.2. The van der Waals surface area contributed by atoms with Crippen LogP contribution in [0.4, 0.5) is 0 Å². The summed E-state index contributed by atoms with van der Waals surface area (Å²) >= 11 is 0. The van der Waals surface area contributed by atoms with Crippen LogP contribution in [0.1, 0.15) is 86.0 Å². The standard InChI is InChI=1S/C12H10.C10H22N.C9H13.C6H7Si.CH3.Zr/c1-3-7-11(8-4-1)12-9-5-2-6-10-12;1-2-3-4-5-6-7-8-9-10-11;1-6-5-7(2)9(4)8(6)3;7-6-4-2-1-3-5-6;;/h1-10H;11H,2-10H2,1H3;6H,1-4H3;1-5H,7H2;1H3;/q;2*-1;;-1;+3. The Bertz CT molecular complexity index is 1000. The molecule has 1 unspecified atom stereocenters. The van der Waals surface area contributed by atoms with E-state index in [1.54, 1.807) is 0 Å². The fourth-order valence-electron chi connectivity index (χ4n) is 4.16. The van der Waals surface area contributed by atoms with Gasteiger partial charge in [0.25, 0.3) is 0 Å². The minimum Gasteiger partial charge on any atom is -0.677 e. The third-order valence-corrected chi connectivity index (χ3v) is 7.46. The summed E-state index contributed by atoms with van der Waals surface area (Å²) < 4.78 is 0. The molecule has 3 aromatic carbocycles. The van der Waals surface area contributed by atoms with E-state index in [9.17, 15) is 0 Å². The molecule has 41 heavy (non-hydrogen) atoms. The molecule has 0 saturated carbocycles. The van der Waals surface area contributed by atoms with Crippen LogP contribution in [-0.2, 0) is 26.2 Å². The molecular formula is C38H55NSiZr. The van der Waals surface area contributed by atoms with Crippen LogP contribution in [0.2, 0.25) is 0 Å². The average molecular weight is 645 g/mol. The van der Waals surface area contributed by atoms with Crippen LogP contribution in [0, 0.1) is 19.4 Å². The number of hydrogen-bond acceptors (Lipinski definition) is 0. The van der Waals surface area contributed by atoms with Crippen molar-refractivity contribution in [2.45, 2.75) is 86.0 Å². The molecule has 220 valence electrons. The van der Waals surface area contributed by atoms with Crippen LogP contribution in [0.25, 0.3) is 16.9 Å². The number of rotatable bonds is 9. The quantitative estimate of drug-likeness (QED) is 0.126. The van der Waals surface area contributed by atoms with E-state index in [1.807, 2.05) is 40.6 Å². The first-order valence-electron chi connectivity index (χ1n) is 14.8. The summed E-state index contributed by atoms with van der Waals surface area (Å²) in [6.07, 6.45) is 14.0. The van der Waals surface area contributed by atoms with Gasteiger partial charge in [-0.2, -0.15) is 17.7 Å². The number of benzene rings is 3. The molecule has 1 nitrogen and oxygen atoms in total. The van der Waals surface area contributed by atoms with Crippen molar-refractivity contribution >= 4 is 15.4 Å². The van der Waals surface area contributed by atoms with Crippen LogP contribution in [0.3, 0.4) is 0 Å². The van der Waals surface area contributed by atoms with Gasteiger partial charge in [0.1, 0.15) is 0 Å². The molecular weight excluding hydrogens is 590 g/mol. The van der Waals surface area contributed by atoms with Gasteiger partial charge in [0, 0.05) is 10.2 Å². The molecule has 3 heteroatoms. The predicted molar refractivity (Wildman–Crippen MR) is 185 cm³/mol. The summed E-state index contributed by atoms with van der Waals surface area (Å²) in [7, 11) is 1.90. The van der Waals surface area contributed by atoms with Crippen molar-refractivity contribution < 1.29 is 26.2 Å². The summed E-state index contributed by atoms with van der Waals surface area (Å²) in [6.45, 7) is 11.5. The van der Waals surface area contributed by atoms with E-state index in [2.05, 4.69) is 101 Å². The fourth-order valence-corrected chi connectivity index (χ4v) is 4.43. The molecule has 0 fully saturated rings. The van der Waals surface area contributed by atoms with Crippen LogP contribution >= 0.6 is 0 Å². The van der Waals surface area contributed by atoms with Gasteiger partial charge >= 0.3 is 26.2 Å². The largest absolute Gasteiger partial charge is 3.00 e. The molecule has 1 atom stereocenters. The summed E-state index contributed by atoms with van der Waals surface area (Å²) in [4.78, 5) is 0. The molecule has 0 amide bonds. The van der Waals surface area contributed by atoms with Gasteiger partial charge in [-0.25, -0.2) is 5.57 Å². The Kier molecular flexibility index (Phi) is 27.3. The summed E-state index contributed by atoms with van der Waals surface area (Å²) in [6, 6.07) is 31.1. The van der Waals surface area contributed by atoms with Gasteiger partial charge in [0.15, 0.2) is 0 Å². The molecule has 4 rings (SSSR count). The molecule has 0 spiro atoms. The maximum absolute atomic E-state index is 6.95. The molecule has 2 radical (unpaired) electrons. The van der Waals surface area contributed by atoms with E-state index in [4.69, 9.17) is 5.73 Å². The molecule has 3 aromatic rings. The monoisotopic (exact) mass is 643 g/mol. The van der Waals surface area contributed by atoms with Crippen molar-refractivity contribution in [1.82, 2.24) is 0 Å². The summed E-state index contributed by atoms with van der Waals surface area (Å²) in [5.74, 6) is 0.560. The third-order valence-electron chi connectivity index (χ3n) is 6.99. The first-order valence-corrected chi connectivity index (χ1v) is 15.5. The number of unbranched alkanes of at least 4 members (excludes halogenated alkanes) is 7. The fraction of sp³-hybridized carbons (Fsp3) is 0.395. The van der Waals surface area contributed by atoms with Gasteiger partial charge in [-0.15, -0.1) is 6.92 Å². The van der Waals surface area contributed by atoms with Gasteiger partial charge < -0.3 is 13.2 Å². The van der Waals surface area contributed by atoms with Gasteiger partial charge in [0.2, 0.25) is 0 Å². The molecule has 0 aromatic heterocycles. The maximum Gasteiger partial charge on any atom is 3.00 e. The van der Waals surface area contributed by atoms with E-state index < -0.39 is 0 Å². The Morgan fingerprint density at radius 3 is 1.32 bits per heavy atom. The minimum absolute atomic E-state index is 0. The first kappa shape index (κ1) is 41.3.